The number of nitrogens with one attached hydrogen (secondary N) is 1. The summed E-state index contributed by atoms with van der Waals surface area (Å²) in [6.07, 6.45) is 0. The first kappa shape index (κ1) is 19.5. The summed E-state index contributed by atoms with van der Waals surface area (Å²) < 4.78 is 13.6. The van der Waals surface area contributed by atoms with Crippen molar-refractivity contribution in [3.05, 3.63) is 73.5 Å². The van der Waals surface area contributed by atoms with Crippen LogP contribution in [0.5, 0.6) is 0 Å². The predicted octanol–water partition coefficient (Wildman–Crippen LogP) is 4.70. The van der Waals surface area contributed by atoms with Crippen LogP contribution < -0.4 is 5.32 Å². The van der Waals surface area contributed by atoms with E-state index in [1.807, 2.05) is 0 Å². The SMILES string of the molecule is O=C(NCCSCc1c(F)cccc1Cl)c1cc([N+](=O)[O-])ccc1Cl. The van der Waals surface area contributed by atoms with Gasteiger partial charge < -0.3 is 5.32 Å². The first-order valence-corrected chi connectivity index (χ1v) is 9.04. The van der Waals surface area contributed by atoms with Crippen LogP contribution in [0.15, 0.2) is 36.4 Å². The van der Waals surface area contributed by atoms with Gasteiger partial charge >= 0.3 is 0 Å². The number of carbonyl (C=O) groups is 1. The number of nitro benzene ring substituents is 1. The van der Waals surface area contributed by atoms with Gasteiger partial charge in [0.05, 0.1) is 15.5 Å². The van der Waals surface area contributed by atoms with Gasteiger partial charge in [0, 0.05) is 40.8 Å². The molecule has 0 saturated heterocycles. The summed E-state index contributed by atoms with van der Waals surface area (Å²) in [4.78, 5) is 22.2. The number of nitrogens with zero attached hydrogens (tertiary/aromatic N) is 1. The molecule has 0 radical (unpaired) electrons. The monoisotopic (exact) mass is 402 g/mol. The molecular formula is C16H13Cl2FN2O3S. The van der Waals surface area contributed by atoms with Gasteiger partial charge in [0.25, 0.3) is 11.6 Å². The van der Waals surface area contributed by atoms with Crippen LogP contribution in [0.2, 0.25) is 10.0 Å². The summed E-state index contributed by atoms with van der Waals surface area (Å²) in [6.45, 7) is 0.300. The topological polar surface area (TPSA) is 72.2 Å². The number of benzene rings is 2. The van der Waals surface area contributed by atoms with Gasteiger partial charge in [0.1, 0.15) is 5.82 Å². The van der Waals surface area contributed by atoms with E-state index < -0.39 is 10.8 Å². The zero-order valence-electron chi connectivity index (χ0n) is 12.8. The number of amides is 1. The Kier molecular flexibility index (Phi) is 7.04. The number of carbonyl (C=O) groups excluding carboxylic acids is 1. The second-order valence-corrected chi connectivity index (χ2v) is 6.85. The normalized spacial score (nSPS) is 10.5. The summed E-state index contributed by atoms with van der Waals surface area (Å²) in [6, 6.07) is 8.16. The third-order valence-corrected chi connectivity index (χ3v) is 4.91. The van der Waals surface area contributed by atoms with Gasteiger partial charge in [-0.3, -0.25) is 14.9 Å². The molecule has 1 amide bonds. The van der Waals surface area contributed by atoms with Crippen molar-refractivity contribution < 1.29 is 14.1 Å². The van der Waals surface area contributed by atoms with Crippen LogP contribution in [-0.4, -0.2) is 23.1 Å². The van der Waals surface area contributed by atoms with Gasteiger partial charge in [0.2, 0.25) is 0 Å². The van der Waals surface area contributed by atoms with E-state index in [0.29, 0.717) is 28.6 Å². The van der Waals surface area contributed by atoms with Crippen LogP contribution in [0.25, 0.3) is 0 Å². The van der Waals surface area contributed by atoms with Crippen molar-refractivity contribution in [1.29, 1.82) is 0 Å². The first-order chi connectivity index (χ1) is 11.9. The summed E-state index contributed by atoms with van der Waals surface area (Å²) in [7, 11) is 0. The number of nitro groups is 1. The zero-order valence-corrected chi connectivity index (χ0v) is 15.1. The van der Waals surface area contributed by atoms with Crippen molar-refractivity contribution in [2.75, 3.05) is 12.3 Å². The lowest BCUT2D eigenvalue weighted by atomic mass is 10.2. The fourth-order valence-corrected chi connectivity index (χ4v) is 3.38. The van der Waals surface area contributed by atoms with Gasteiger partial charge in [-0.05, 0) is 18.2 Å². The highest BCUT2D eigenvalue weighted by atomic mass is 35.5. The molecule has 2 rings (SSSR count). The molecule has 0 unspecified atom stereocenters. The number of halogens is 3. The average Bonchev–Trinajstić information content (AvgIpc) is 2.56. The van der Waals surface area contributed by atoms with Gasteiger partial charge in [-0.1, -0.05) is 29.3 Å². The third kappa shape index (κ3) is 5.32. The van der Waals surface area contributed by atoms with E-state index in [4.69, 9.17) is 23.2 Å². The quantitative estimate of drug-likeness (QED) is 0.413. The fourth-order valence-electron chi connectivity index (χ4n) is 1.98. The number of thioether (sulfide) groups is 1. The average molecular weight is 403 g/mol. The summed E-state index contributed by atoms with van der Waals surface area (Å²) in [5.74, 6) is 0.0210. The van der Waals surface area contributed by atoms with Crippen LogP contribution in [0, 0.1) is 15.9 Å². The molecule has 0 bridgehead atoms. The Bertz CT molecular complexity index is 785. The van der Waals surface area contributed by atoms with Gasteiger partial charge in [0.15, 0.2) is 0 Å². The third-order valence-electron chi connectivity index (χ3n) is 3.25. The van der Waals surface area contributed by atoms with Crippen molar-refractivity contribution in [2.45, 2.75) is 5.75 Å². The minimum absolute atomic E-state index is 0.0398. The van der Waals surface area contributed by atoms with E-state index in [1.165, 1.54) is 36.0 Å². The molecule has 9 heteroatoms. The zero-order chi connectivity index (χ0) is 18.4. The van der Waals surface area contributed by atoms with Crippen molar-refractivity contribution in [3.63, 3.8) is 0 Å². The lowest BCUT2D eigenvalue weighted by Gasteiger charge is -2.08. The standard InChI is InChI=1S/C16H13Cl2FN2O3S/c17-13-2-1-3-15(19)12(13)9-25-7-6-20-16(22)11-8-10(21(23)24)4-5-14(11)18/h1-5,8H,6-7,9H2,(H,20,22). The molecule has 5 nitrogen and oxygen atoms in total. The van der Waals surface area contributed by atoms with E-state index in [2.05, 4.69) is 5.32 Å². The molecule has 0 saturated carbocycles. The first-order valence-electron chi connectivity index (χ1n) is 7.13. The fraction of sp³-hybridized carbons (Fsp3) is 0.188. The Morgan fingerprint density at radius 2 is 2.00 bits per heavy atom. The second-order valence-electron chi connectivity index (χ2n) is 4.93. The highest BCUT2D eigenvalue weighted by Gasteiger charge is 2.15. The van der Waals surface area contributed by atoms with E-state index in [9.17, 15) is 19.3 Å². The minimum atomic E-state index is -0.596. The minimum Gasteiger partial charge on any atom is -0.351 e. The summed E-state index contributed by atoms with van der Waals surface area (Å²) in [5.41, 5.74) is 0.248. The molecular weight excluding hydrogens is 390 g/mol. The summed E-state index contributed by atoms with van der Waals surface area (Å²) in [5, 5.41) is 13.9. The molecule has 0 aliphatic heterocycles. The van der Waals surface area contributed by atoms with Gasteiger partial charge in [-0.2, -0.15) is 11.8 Å². The molecule has 0 heterocycles. The molecule has 0 aromatic heterocycles. The molecule has 25 heavy (non-hydrogen) atoms. The molecule has 0 spiro atoms. The second kappa shape index (κ2) is 9.03. The molecule has 132 valence electrons. The molecule has 0 atom stereocenters. The van der Waals surface area contributed by atoms with E-state index in [1.54, 1.807) is 6.07 Å². The van der Waals surface area contributed by atoms with Crippen molar-refractivity contribution in [2.24, 2.45) is 0 Å². The van der Waals surface area contributed by atoms with Gasteiger partial charge in [-0.25, -0.2) is 4.39 Å². The van der Waals surface area contributed by atoms with Crippen LogP contribution >= 0.6 is 35.0 Å². The maximum Gasteiger partial charge on any atom is 0.270 e. The Morgan fingerprint density at radius 3 is 2.68 bits per heavy atom. The van der Waals surface area contributed by atoms with E-state index >= 15 is 0 Å². The summed E-state index contributed by atoms with van der Waals surface area (Å²) >= 11 is 13.2. The van der Waals surface area contributed by atoms with Crippen LogP contribution in [-0.2, 0) is 5.75 Å². The predicted molar refractivity (Wildman–Crippen MR) is 98.0 cm³/mol. The van der Waals surface area contributed by atoms with Crippen molar-refractivity contribution >= 4 is 46.6 Å². The Morgan fingerprint density at radius 1 is 1.24 bits per heavy atom. The van der Waals surface area contributed by atoms with Crippen LogP contribution in [0.3, 0.4) is 0 Å². The number of hydrogen-bond donors (Lipinski definition) is 1. The lowest BCUT2D eigenvalue weighted by Crippen LogP contribution is -2.26. The van der Waals surface area contributed by atoms with E-state index in [-0.39, 0.29) is 22.1 Å². The Balaban J connectivity index is 1.85. The molecule has 2 aromatic rings. The maximum absolute atomic E-state index is 13.6. The molecule has 0 aliphatic rings. The molecule has 0 aliphatic carbocycles. The number of hydrogen-bond acceptors (Lipinski definition) is 4. The Labute approximate surface area is 157 Å². The van der Waals surface area contributed by atoms with Crippen molar-refractivity contribution in [3.8, 4) is 0 Å². The molecule has 1 N–H and O–H groups in total. The highest BCUT2D eigenvalue weighted by Crippen LogP contribution is 2.24. The largest absolute Gasteiger partial charge is 0.351 e. The van der Waals surface area contributed by atoms with Crippen LogP contribution in [0.1, 0.15) is 15.9 Å². The molecule has 2 aromatic carbocycles. The molecule has 0 fully saturated rings. The highest BCUT2D eigenvalue weighted by molar-refractivity contribution is 7.98. The van der Waals surface area contributed by atoms with Crippen LogP contribution in [0.4, 0.5) is 10.1 Å². The Hall–Kier alpha value is -1.83. The van der Waals surface area contributed by atoms with Crippen molar-refractivity contribution in [1.82, 2.24) is 5.32 Å². The lowest BCUT2D eigenvalue weighted by molar-refractivity contribution is -0.384. The smallest absolute Gasteiger partial charge is 0.270 e. The number of rotatable bonds is 7. The maximum atomic E-state index is 13.6. The van der Waals surface area contributed by atoms with Gasteiger partial charge in [-0.15, -0.1) is 0 Å². The van der Waals surface area contributed by atoms with E-state index in [0.717, 1.165) is 6.07 Å². The number of non-ortho nitro benzene ring substituents is 1.